The van der Waals surface area contributed by atoms with E-state index in [1.807, 2.05) is 4.90 Å². The van der Waals surface area contributed by atoms with Gasteiger partial charge in [0.25, 0.3) is 0 Å². The predicted octanol–water partition coefficient (Wildman–Crippen LogP) is -0.602. The lowest BCUT2D eigenvalue weighted by Crippen LogP contribution is -2.49. The number of hydrogen-bond acceptors (Lipinski definition) is 4. The first-order valence-corrected chi connectivity index (χ1v) is 6.87. The Hall–Kier alpha value is -0.240. The molecule has 0 aromatic carbocycles. The van der Waals surface area contributed by atoms with Crippen LogP contribution in [-0.4, -0.2) is 56.9 Å². The molecule has 0 bridgehead atoms. The Bertz CT molecular complexity index is 323. The largest absolute Gasteiger partial charge is 0.378 e. The highest BCUT2D eigenvalue weighted by Crippen LogP contribution is 2.03. The summed E-state index contributed by atoms with van der Waals surface area (Å²) in [6, 6.07) is -0.590. The summed E-state index contributed by atoms with van der Waals surface area (Å²) in [6.07, 6.45) is 1.09. The van der Waals surface area contributed by atoms with Gasteiger partial charge in [0, 0.05) is 13.1 Å². The molecule has 1 radical (unpaired) electrons. The van der Waals surface area contributed by atoms with Crippen LogP contribution in [0.25, 0.3) is 0 Å². The van der Waals surface area contributed by atoms with E-state index in [-0.39, 0.29) is 0 Å². The van der Waals surface area contributed by atoms with Gasteiger partial charge in [-0.15, -0.1) is 0 Å². The molecule has 1 atom stereocenters. The van der Waals surface area contributed by atoms with E-state index in [1.165, 1.54) is 0 Å². The highest BCUT2D eigenvalue weighted by atomic mass is 32.2. The van der Waals surface area contributed by atoms with Crippen molar-refractivity contribution in [1.29, 1.82) is 0 Å². The second-order valence-corrected chi connectivity index (χ2v) is 5.58. The van der Waals surface area contributed by atoms with E-state index >= 15 is 0 Å². The van der Waals surface area contributed by atoms with Crippen molar-refractivity contribution in [3.8, 4) is 0 Å². The summed E-state index contributed by atoms with van der Waals surface area (Å²) in [7, 11) is -3.26. The van der Waals surface area contributed by atoms with Crippen molar-refractivity contribution >= 4 is 27.2 Å². The number of thiocarbonyl (C=S) groups is 1. The average Bonchev–Trinajstić information content (AvgIpc) is 2.15. The molecule has 0 saturated carbocycles. The second kappa shape index (κ2) is 5.20. The fourth-order valence-corrected chi connectivity index (χ4v) is 2.26. The van der Waals surface area contributed by atoms with Crippen LogP contribution in [0.2, 0.25) is 0 Å². The van der Waals surface area contributed by atoms with Crippen molar-refractivity contribution in [2.24, 2.45) is 0 Å². The van der Waals surface area contributed by atoms with Crippen molar-refractivity contribution < 1.29 is 13.2 Å². The monoisotopic (exact) mass is 251 g/mol. The minimum atomic E-state index is -3.26. The Kier molecular flexibility index (Phi) is 4.45. The molecular formula is C8H15N2O3S2. The molecule has 0 spiro atoms. The lowest BCUT2D eigenvalue weighted by Gasteiger charge is -2.31. The number of rotatable bonds is 3. The van der Waals surface area contributed by atoms with Crippen LogP contribution in [0.3, 0.4) is 0 Å². The number of sulfonamides is 1. The molecule has 7 heteroatoms. The van der Waals surface area contributed by atoms with Gasteiger partial charge in [-0.3, -0.25) is 0 Å². The minimum Gasteiger partial charge on any atom is -0.378 e. The third kappa shape index (κ3) is 4.42. The molecule has 0 amide bonds. The van der Waals surface area contributed by atoms with Crippen LogP contribution in [0.1, 0.15) is 0 Å². The molecule has 5 nitrogen and oxygen atoms in total. The molecule has 0 aromatic heterocycles. The van der Waals surface area contributed by atoms with Crippen LogP contribution >= 0.6 is 12.2 Å². The molecule has 1 aliphatic rings. The van der Waals surface area contributed by atoms with E-state index in [9.17, 15) is 8.42 Å². The van der Waals surface area contributed by atoms with Gasteiger partial charge in [-0.1, -0.05) is 12.2 Å². The SMILES string of the molecule is [CH2]C(NS(C)(=O)=O)C(=S)N1CCOCC1. The molecule has 1 rings (SSSR count). The Morgan fingerprint density at radius 1 is 1.53 bits per heavy atom. The van der Waals surface area contributed by atoms with Crippen LogP contribution in [0.4, 0.5) is 0 Å². The zero-order valence-electron chi connectivity index (χ0n) is 8.60. The number of nitrogens with zero attached hydrogens (tertiary/aromatic N) is 1. The van der Waals surface area contributed by atoms with Crippen LogP contribution < -0.4 is 4.72 Å². The average molecular weight is 251 g/mol. The first-order valence-electron chi connectivity index (χ1n) is 4.57. The maximum absolute atomic E-state index is 11.0. The van der Waals surface area contributed by atoms with Gasteiger partial charge in [0.05, 0.1) is 30.5 Å². The molecule has 1 heterocycles. The van der Waals surface area contributed by atoms with Gasteiger partial charge >= 0.3 is 0 Å². The quantitative estimate of drug-likeness (QED) is 0.679. The van der Waals surface area contributed by atoms with Gasteiger partial charge in [0.1, 0.15) is 0 Å². The van der Waals surface area contributed by atoms with Crippen LogP contribution in [0, 0.1) is 6.92 Å². The molecule has 87 valence electrons. The third-order valence-corrected chi connectivity index (χ3v) is 3.23. The summed E-state index contributed by atoms with van der Waals surface area (Å²) in [6.45, 7) is 6.30. The zero-order valence-corrected chi connectivity index (χ0v) is 10.2. The van der Waals surface area contributed by atoms with E-state index in [0.717, 1.165) is 6.26 Å². The topological polar surface area (TPSA) is 58.6 Å². The van der Waals surface area contributed by atoms with Crippen molar-refractivity contribution in [3.63, 3.8) is 0 Å². The summed E-state index contributed by atoms with van der Waals surface area (Å²) in [4.78, 5) is 2.43. The maximum Gasteiger partial charge on any atom is 0.209 e. The van der Waals surface area contributed by atoms with Gasteiger partial charge in [-0.05, 0) is 6.92 Å². The van der Waals surface area contributed by atoms with Crippen LogP contribution in [-0.2, 0) is 14.8 Å². The standard InChI is InChI=1S/C8H15N2O3S2/c1-7(9-15(2,11)12)8(14)10-3-5-13-6-4-10/h7,9H,1,3-6H2,2H3. The smallest absolute Gasteiger partial charge is 0.209 e. The Labute approximate surface area is 95.8 Å². The first kappa shape index (κ1) is 12.8. The van der Waals surface area contributed by atoms with E-state index in [2.05, 4.69) is 11.6 Å². The van der Waals surface area contributed by atoms with Crippen LogP contribution in [0.15, 0.2) is 0 Å². The fraction of sp³-hybridized carbons (Fsp3) is 0.750. The summed E-state index contributed by atoms with van der Waals surface area (Å²) in [5.41, 5.74) is 0. The first-order chi connectivity index (χ1) is 6.90. The van der Waals surface area contributed by atoms with Crippen molar-refractivity contribution in [1.82, 2.24) is 9.62 Å². The zero-order chi connectivity index (χ0) is 11.5. The van der Waals surface area contributed by atoms with Gasteiger partial charge in [-0.2, -0.15) is 0 Å². The van der Waals surface area contributed by atoms with Gasteiger partial charge < -0.3 is 9.64 Å². The van der Waals surface area contributed by atoms with Crippen molar-refractivity contribution in [3.05, 3.63) is 6.92 Å². The van der Waals surface area contributed by atoms with Gasteiger partial charge in [0.2, 0.25) is 10.0 Å². The number of morpholine rings is 1. The highest BCUT2D eigenvalue weighted by Gasteiger charge is 2.20. The molecule has 0 aliphatic carbocycles. The normalized spacial score (nSPS) is 20.0. The predicted molar refractivity (Wildman–Crippen MR) is 62.1 cm³/mol. The summed E-state index contributed by atoms with van der Waals surface area (Å²) in [5, 5.41) is 0. The van der Waals surface area contributed by atoms with Crippen molar-refractivity contribution in [2.75, 3.05) is 32.6 Å². The summed E-state index contributed by atoms with van der Waals surface area (Å²) < 4.78 is 29.5. The molecule has 15 heavy (non-hydrogen) atoms. The summed E-state index contributed by atoms with van der Waals surface area (Å²) >= 11 is 5.15. The molecule has 1 aliphatic heterocycles. The second-order valence-electron chi connectivity index (χ2n) is 3.38. The lowest BCUT2D eigenvalue weighted by atomic mass is 10.3. The minimum absolute atomic E-state index is 0.517. The molecular weight excluding hydrogens is 236 g/mol. The Morgan fingerprint density at radius 2 is 2.07 bits per heavy atom. The molecule has 1 N–H and O–H groups in total. The van der Waals surface area contributed by atoms with Crippen molar-refractivity contribution in [2.45, 2.75) is 6.04 Å². The maximum atomic E-state index is 11.0. The third-order valence-electron chi connectivity index (χ3n) is 1.98. The Morgan fingerprint density at radius 3 is 2.53 bits per heavy atom. The van der Waals surface area contributed by atoms with E-state index in [0.29, 0.717) is 31.3 Å². The van der Waals surface area contributed by atoms with Gasteiger partial charge in [-0.25, -0.2) is 13.1 Å². The van der Waals surface area contributed by atoms with Gasteiger partial charge in [0.15, 0.2) is 0 Å². The van der Waals surface area contributed by atoms with E-state index in [1.54, 1.807) is 0 Å². The molecule has 1 unspecified atom stereocenters. The van der Waals surface area contributed by atoms with E-state index in [4.69, 9.17) is 17.0 Å². The van der Waals surface area contributed by atoms with E-state index < -0.39 is 16.1 Å². The van der Waals surface area contributed by atoms with Crippen LogP contribution in [0.5, 0.6) is 0 Å². The molecule has 0 aromatic rings. The summed E-state index contributed by atoms with van der Waals surface area (Å²) in [5.74, 6) is 0. The number of hydrogen-bond donors (Lipinski definition) is 1. The fourth-order valence-electron chi connectivity index (χ4n) is 1.31. The lowest BCUT2D eigenvalue weighted by molar-refractivity contribution is 0.0681. The highest BCUT2D eigenvalue weighted by molar-refractivity contribution is 7.88. The molecule has 1 fully saturated rings. The molecule has 1 saturated heterocycles. The number of ether oxygens (including phenoxy) is 1. The Balaban J connectivity index is 2.51. The number of nitrogens with one attached hydrogen (secondary N) is 1.